The average molecular weight is 296 g/mol. The van der Waals surface area contributed by atoms with Crippen LogP contribution < -0.4 is 4.90 Å². The molecule has 1 aliphatic rings. The van der Waals surface area contributed by atoms with E-state index < -0.39 is 0 Å². The number of hydrogen-bond acceptors (Lipinski definition) is 3. The molecular formula is C19H24N2O. The number of nitrogens with zero attached hydrogens (tertiary/aromatic N) is 2. The summed E-state index contributed by atoms with van der Waals surface area (Å²) >= 11 is 0. The van der Waals surface area contributed by atoms with E-state index in [1.165, 1.54) is 11.3 Å². The zero-order valence-electron chi connectivity index (χ0n) is 13.1. The van der Waals surface area contributed by atoms with Crippen LogP contribution in [0.3, 0.4) is 0 Å². The molecule has 116 valence electrons. The first-order valence-corrected chi connectivity index (χ1v) is 7.96. The highest BCUT2D eigenvalue weighted by molar-refractivity contribution is 5.46. The van der Waals surface area contributed by atoms with Gasteiger partial charge in [-0.3, -0.25) is 4.90 Å². The molecule has 1 heterocycles. The van der Waals surface area contributed by atoms with Crippen molar-refractivity contribution in [3.05, 3.63) is 66.2 Å². The summed E-state index contributed by atoms with van der Waals surface area (Å²) in [7, 11) is 2.08. The first-order chi connectivity index (χ1) is 10.7. The van der Waals surface area contributed by atoms with Crippen LogP contribution in [0.25, 0.3) is 0 Å². The minimum absolute atomic E-state index is 0.189. The van der Waals surface area contributed by atoms with Gasteiger partial charge in [0.1, 0.15) is 0 Å². The normalized spacial score (nSPS) is 22.5. The van der Waals surface area contributed by atoms with Gasteiger partial charge in [0.2, 0.25) is 0 Å². The van der Waals surface area contributed by atoms with Crippen LogP contribution in [0.4, 0.5) is 5.69 Å². The monoisotopic (exact) mass is 296 g/mol. The van der Waals surface area contributed by atoms with E-state index >= 15 is 0 Å². The van der Waals surface area contributed by atoms with Crippen molar-refractivity contribution in [3.63, 3.8) is 0 Å². The maximum absolute atomic E-state index is 10.6. The largest absolute Gasteiger partial charge is 0.390 e. The van der Waals surface area contributed by atoms with E-state index in [1.807, 2.05) is 24.3 Å². The van der Waals surface area contributed by atoms with Crippen LogP contribution in [-0.2, 0) is 6.54 Å². The molecule has 0 bridgehead atoms. The van der Waals surface area contributed by atoms with Crippen molar-refractivity contribution in [2.75, 3.05) is 25.0 Å². The molecule has 22 heavy (non-hydrogen) atoms. The van der Waals surface area contributed by atoms with Gasteiger partial charge >= 0.3 is 0 Å². The molecule has 0 radical (unpaired) electrons. The van der Waals surface area contributed by atoms with E-state index in [0.717, 1.165) is 26.1 Å². The summed E-state index contributed by atoms with van der Waals surface area (Å²) in [4.78, 5) is 4.56. The number of likely N-dealkylation sites (N-methyl/N-ethyl adjacent to an activating group) is 1. The molecule has 0 unspecified atom stereocenters. The second kappa shape index (κ2) is 6.95. The molecule has 1 aliphatic heterocycles. The molecule has 1 fully saturated rings. The number of aliphatic hydroxyl groups excluding tert-OH is 1. The molecule has 0 amide bonds. The number of para-hydroxylation sites is 1. The van der Waals surface area contributed by atoms with Crippen molar-refractivity contribution in [2.24, 2.45) is 0 Å². The Labute approximate surface area is 132 Å². The van der Waals surface area contributed by atoms with Crippen LogP contribution in [0.2, 0.25) is 0 Å². The van der Waals surface area contributed by atoms with Crippen LogP contribution >= 0.6 is 0 Å². The van der Waals surface area contributed by atoms with Gasteiger partial charge < -0.3 is 10.0 Å². The van der Waals surface area contributed by atoms with Crippen molar-refractivity contribution >= 4 is 5.69 Å². The highest BCUT2D eigenvalue weighted by Crippen LogP contribution is 2.23. The summed E-state index contributed by atoms with van der Waals surface area (Å²) in [6.07, 6.45) is 0.669. The topological polar surface area (TPSA) is 26.7 Å². The molecule has 3 nitrogen and oxygen atoms in total. The Morgan fingerprint density at radius 1 is 1.05 bits per heavy atom. The Morgan fingerprint density at radius 3 is 2.32 bits per heavy atom. The minimum Gasteiger partial charge on any atom is -0.390 e. The molecule has 0 saturated carbocycles. The molecule has 3 heteroatoms. The summed E-state index contributed by atoms with van der Waals surface area (Å²) < 4.78 is 0. The summed E-state index contributed by atoms with van der Waals surface area (Å²) in [5.41, 5.74) is 2.48. The van der Waals surface area contributed by atoms with E-state index in [-0.39, 0.29) is 12.1 Å². The van der Waals surface area contributed by atoms with Gasteiger partial charge in [0.15, 0.2) is 0 Å². The number of likely N-dealkylation sites (tertiary alicyclic amines) is 1. The molecule has 2 aromatic carbocycles. The van der Waals surface area contributed by atoms with E-state index in [1.54, 1.807) is 0 Å². The van der Waals surface area contributed by atoms with Gasteiger partial charge in [-0.05, 0) is 24.1 Å². The number of piperidine rings is 1. The predicted octanol–water partition coefficient (Wildman–Crippen LogP) is 2.76. The van der Waals surface area contributed by atoms with Gasteiger partial charge in [0, 0.05) is 32.4 Å². The molecular weight excluding hydrogens is 272 g/mol. The zero-order valence-corrected chi connectivity index (χ0v) is 13.1. The molecule has 3 rings (SSSR count). The van der Waals surface area contributed by atoms with Crippen molar-refractivity contribution in [3.8, 4) is 0 Å². The molecule has 1 saturated heterocycles. The predicted molar refractivity (Wildman–Crippen MR) is 91.0 cm³/mol. The maximum atomic E-state index is 10.6. The summed E-state index contributed by atoms with van der Waals surface area (Å²) in [6.45, 7) is 2.67. The van der Waals surface area contributed by atoms with Crippen LogP contribution in [0.5, 0.6) is 0 Å². The lowest BCUT2D eigenvalue weighted by atomic mass is 9.99. The quantitative estimate of drug-likeness (QED) is 0.940. The average Bonchev–Trinajstić information content (AvgIpc) is 2.56. The summed E-state index contributed by atoms with van der Waals surface area (Å²) in [6, 6.07) is 21.0. The molecule has 0 aromatic heterocycles. The molecule has 2 aromatic rings. The third kappa shape index (κ3) is 3.49. The lowest BCUT2D eigenvalue weighted by Gasteiger charge is -2.41. The Morgan fingerprint density at radius 2 is 1.68 bits per heavy atom. The van der Waals surface area contributed by atoms with E-state index in [0.29, 0.717) is 0 Å². The maximum Gasteiger partial charge on any atom is 0.0870 e. The van der Waals surface area contributed by atoms with Gasteiger partial charge in [-0.2, -0.15) is 0 Å². The SMILES string of the molecule is CN(c1ccccc1)[C@H]1CCN(Cc2ccccc2)C[C@@H]1O. The highest BCUT2D eigenvalue weighted by atomic mass is 16.3. The minimum atomic E-state index is -0.317. The lowest BCUT2D eigenvalue weighted by Crippen LogP contribution is -2.53. The zero-order chi connectivity index (χ0) is 15.4. The highest BCUT2D eigenvalue weighted by Gasteiger charge is 2.30. The summed E-state index contributed by atoms with van der Waals surface area (Å²) in [5.74, 6) is 0. The van der Waals surface area contributed by atoms with Gasteiger partial charge in [0.05, 0.1) is 12.1 Å². The molecule has 0 aliphatic carbocycles. The fourth-order valence-corrected chi connectivity index (χ4v) is 3.28. The van der Waals surface area contributed by atoms with E-state index in [9.17, 15) is 5.11 Å². The van der Waals surface area contributed by atoms with Crippen molar-refractivity contribution in [1.82, 2.24) is 4.90 Å². The Bertz CT molecular complexity index is 573. The molecule has 0 spiro atoms. The molecule has 1 N–H and O–H groups in total. The van der Waals surface area contributed by atoms with Gasteiger partial charge in [-0.25, -0.2) is 0 Å². The smallest absolute Gasteiger partial charge is 0.0870 e. The first-order valence-electron chi connectivity index (χ1n) is 7.96. The van der Waals surface area contributed by atoms with Crippen LogP contribution in [0.15, 0.2) is 60.7 Å². The first kappa shape index (κ1) is 15.1. The van der Waals surface area contributed by atoms with Crippen molar-refractivity contribution < 1.29 is 5.11 Å². The number of anilines is 1. The fourth-order valence-electron chi connectivity index (χ4n) is 3.28. The number of rotatable bonds is 4. The van der Waals surface area contributed by atoms with Gasteiger partial charge in [0.25, 0.3) is 0 Å². The lowest BCUT2D eigenvalue weighted by molar-refractivity contribution is 0.0484. The third-order valence-corrected chi connectivity index (χ3v) is 4.54. The Balaban J connectivity index is 1.60. The standard InChI is InChI=1S/C19H24N2O/c1-20(17-10-6-3-7-11-17)18-12-13-21(15-19(18)22)14-16-8-4-2-5-9-16/h2-11,18-19,22H,12-15H2,1H3/t18-,19-/m0/s1. The van der Waals surface area contributed by atoms with Crippen molar-refractivity contribution in [2.45, 2.75) is 25.1 Å². The van der Waals surface area contributed by atoms with Crippen LogP contribution in [0, 0.1) is 0 Å². The second-order valence-corrected chi connectivity index (χ2v) is 6.09. The second-order valence-electron chi connectivity index (χ2n) is 6.09. The van der Waals surface area contributed by atoms with E-state index in [2.05, 4.69) is 53.2 Å². The number of β-amino-alcohol motifs (C(OH)–C–C–N with tert-alkyl or cyclic N) is 1. The van der Waals surface area contributed by atoms with Gasteiger partial charge in [-0.15, -0.1) is 0 Å². The van der Waals surface area contributed by atoms with E-state index in [4.69, 9.17) is 0 Å². The summed E-state index contributed by atoms with van der Waals surface area (Å²) in [5, 5.41) is 10.6. The van der Waals surface area contributed by atoms with Gasteiger partial charge in [-0.1, -0.05) is 48.5 Å². The number of benzene rings is 2. The fraction of sp³-hybridized carbons (Fsp3) is 0.368. The van der Waals surface area contributed by atoms with Crippen LogP contribution in [0.1, 0.15) is 12.0 Å². The Kier molecular flexibility index (Phi) is 4.76. The third-order valence-electron chi connectivity index (χ3n) is 4.54. The Hall–Kier alpha value is -1.84. The van der Waals surface area contributed by atoms with Crippen molar-refractivity contribution in [1.29, 1.82) is 0 Å². The number of aliphatic hydroxyl groups is 1. The van der Waals surface area contributed by atoms with Crippen LogP contribution in [-0.4, -0.2) is 42.3 Å². The number of hydrogen-bond donors (Lipinski definition) is 1. The molecule has 2 atom stereocenters.